The van der Waals surface area contributed by atoms with Crippen LogP contribution in [0.25, 0.3) is 0 Å². The van der Waals surface area contributed by atoms with Crippen LogP contribution in [-0.2, 0) is 11.2 Å². The first kappa shape index (κ1) is 13.6. The summed E-state index contributed by atoms with van der Waals surface area (Å²) >= 11 is 0. The van der Waals surface area contributed by atoms with Gasteiger partial charge in [-0.1, -0.05) is 30.3 Å². The molecule has 2 saturated heterocycles. The topological polar surface area (TPSA) is 60.8 Å². The first-order valence-electron chi connectivity index (χ1n) is 7.26. The molecule has 2 fully saturated rings. The lowest BCUT2D eigenvalue weighted by Crippen LogP contribution is -2.57. The highest BCUT2D eigenvalue weighted by atomic mass is 16.4. The molecule has 2 bridgehead atoms. The highest BCUT2D eigenvalue weighted by Gasteiger charge is 2.53. The summed E-state index contributed by atoms with van der Waals surface area (Å²) < 4.78 is 0. The van der Waals surface area contributed by atoms with Crippen LogP contribution in [0.4, 0.5) is 0 Å². The van der Waals surface area contributed by atoms with Crippen LogP contribution < -0.4 is 0 Å². The Morgan fingerprint density at radius 3 is 2.55 bits per heavy atom. The van der Waals surface area contributed by atoms with E-state index >= 15 is 0 Å². The number of hydrogen-bond donors (Lipinski definition) is 2. The van der Waals surface area contributed by atoms with E-state index in [0.717, 1.165) is 19.3 Å². The number of nitrogens with zero attached hydrogens (tertiary/aromatic N) is 1. The monoisotopic (exact) mass is 275 g/mol. The molecule has 2 aliphatic heterocycles. The van der Waals surface area contributed by atoms with Gasteiger partial charge in [0.15, 0.2) is 0 Å². The summed E-state index contributed by atoms with van der Waals surface area (Å²) in [5, 5.41) is 20.0. The molecule has 4 heteroatoms. The minimum absolute atomic E-state index is 0.00208. The average molecular weight is 275 g/mol. The van der Waals surface area contributed by atoms with Crippen LogP contribution in [0.3, 0.4) is 0 Å². The number of piperidine rings is 1. The van der Waals surface area contributed by atoms with Gasteiger partial charge in [-0.15, -0.1) is 0 Å². The number of carboxylic acids is 1. The van der Waals surface area contributed by atoms with E-state index in [1.54, 1.807) is 0 Å². The SMILES string of the molecule is CN1[C@@H]2CC[C@H]1C(Cc1ccccc1)[C@H](O)[C@@H]2C(=O)O. The van der Waals surface area contributed by atoms with Crippen LogP contribution in [0.1, 0.15) is 18.4 Å². The van der Waals surface area contributed by atoms with E-state index in [0.29, 0.717) is 6.04 Å². The van der Waals surface area contributed by atoms with Gasteiger partial charge in [-0.2, -0.15) is 0 Å². The number of benzene rings is 1. The maximum absolute atomic E-state index is 11.5. The molecule has 4 nitrogen and oxygen atoms in total. The summed E-state index contributed by atoms with van der Waals surface area (Å²) in [6.45, 7) is 0. The minimum Gasteiger partial charge on any atom is -0.481 e. The maximum Gasteiger partial charge on any atom is 0.310 e. The Balaban J connectivity index is 1.87. The number of aliphatic carboxylic acids is 1. The predicted octanol–water partition coefficient (Wildman–Crippen LogP) is 1.38. The van der Waals surface area contributed by atoms with Crippen molar-refractivity contribution in [2.75, 3.05) is 7.05 Å². The number of carbonyl (C=O) groups is 1. The lowest BCUT2D eigenvalue weighted by molar-refractivity contribution is -0.156. The van der Waals surface area contributed by atoms with Crippen LogP contribution in [0.2, 0.25) is 0 Å². The van der Waals surface area contributed by atoms with Crippen molar-refractivity contribution in [3.8, 4) is 0 Å². The third-order valence-electron chi connectivity index (χ3n) is 5.12. The molecule has 0 aliphatic carbocycles. The van der Waals surface area contributed by atoms with E-state index in [1.165, 1.54) is 5.56 Å². The highest BCUT2D eigenvalue weighted by molar-refractivity contribution is 5.72. The van der Waals surface area contributed by atoms with E-state index in [-0.39, 0.29) is 12.0 Å². The zero-order valence-electron chi connectivity index (χ0n) is 11.6. The van der Waals surface area contributed by atoms with Gasteiger partial charge < -0.3 is 10.2 Å². The standard InChI is InChI=1S/C16H21NO3/c1-17-12-7-8-13(17)14(16(19)20)15(18)11(12)9-10-5-3-2-4-6-10/h2-6,11-15,18H,7-9H2,1H3,(H,19,20)/t11?,12-,13+,14+,15-/m0/s1. The van der Waals surface area contributed by atoms with E-state index in [1.807, 2.05) is 37.4 Å². The molecular weight excluding hydrogens is 254 g/mol. The maximum atomic E-state index is 11.5. The third-order valence-corrected chi connectivity index (χ3v) is 5.12. The van der Waals surface area contributed by atoms with Crippen LogP contribution in [0, 0.1) is 11.8 Å². The Labute approximate surface area is 119 Å². The molecule has 0 spiro atoms. The molecule has 0 amide bonds. The van der Waals surface area contributed by atoms with Crippen LogP contribution >= 0.6 is 0 Å². The molecule has 1 aromatic rings. The van der Waals surface area contributed by atoms with Crippen LogP contribution in [-0.4, -0.2) is 46.3 Å². The van der Waals surface area contributed by atoms with Gasteiger partial charge in [-0.3, -0.25) is 9.69 Å². The molecule has 5 atom stereocenters. The number of hydrogen-bond acceptors (Lipinski definition) is 3. The fourth-order valence-corrected chi connectivity index (χ4v) is 4.12. The number of carboxylic acid groups (broad SMARTS) is 1. The van der Waals surface area contributed by atoms with Gasteiger partial charge in [0.1, 0.15) is 0 Å². The normalized spacial score (nSPS) is 37.0. The smallest absolute Gasteiger partial charge is 0.310 e. The quantitative estimate of drug-likeness (QED) is 0.875. The van der Waals surface area contributed by atoms with E-state index in [2.05, 4.69) is 4.90 Å². The van der Waals surface area contributed by atoms with E-state index < -0.39 is 18.0 Å². The molecular formula is C16H21NO3. The lowest BCUT2D eigenvalue weighted by atomic mass is 9.77. The first-order chi connectivity index (χ1) is 9.59. The third kappa shape index (κ3) is 2.13. The van der Waals surface area contributed by atoms with Gasteiger partial charge in [-0.25, -0.2) is 0 Å². The zero-order chi connectivity index (χ0) is 14.3. The van der Waals surface area contributed by atoms with Gasteiger partial charge in [0.05, 0.1) is 12.0 Å². The van der Waals surface area contributed by atoms with Crippen molar-refractivity contribution in [1.82, 2.24) is 4.90 Å². The van der Waals surface area contributed by atoms with Crippen molar-refractivity contribution in [2.24, 2.45) is 11.8 Å². The summed E-state index contributed by atoms with van der Waals surface area (Å²) in [5.74, 6) is -1.53. The number of rotatable bonds is 3. The van der Waals surface area contributed by atoms with E-state index in [4.69, 9.17) is 0 Å². The van der Waals surface area contributed by atoms with Gasteiger partial charge >= 0.3 is 5.97 Å². The Morgan fingerprint density at radius 2 is 1.90 bits per heavy atom. The summed E-state index contributed by atoms with van der Waals surface area (Å²) in [4.78, 5) is 13.7. The number of aliphatic hydroxyl groups excluding tert-OH is 1. The second-order valence-corrected chi connectivity index (χ2v) is 6.09. The first-order valence-corrected chi connectivity index (χ1v) is 7.26. The fraction of sp³-hybridized carbons (Fsp3) is 0.562. The average Bonchev–Trinajstić information content (AvgIpc) is 2.71. The van der Waals surface area contributed by atoms with Crippen molar-refractivity contribution in [1.29, 1.82) is 0 Å². The minimum atomic E-state index is -0.868. The largest absolute Gasteiger partial charge is 0.481 e. The zero-order valence-corrected chi connectivity index (χ0v) is 11.6. The van der Waals surface area contributed by atoms with Crippen molar-refractivity contribution in [3.63, 3.8) is 0 Å². The van der Waals surface area contributed by atoms with Crippen molar-refractivity contribution in [2.45, 2.75) is 37.5 Å². The summed E-state index contributed by atoms with van der Waals surface area (Å²) in [7, 11) is 2.00. The van der Waals surface area contributed by atoms with E-state index in [9.17, 15) is 15.0 Å². The van der Waals surface area contributed by atoms with Crippen molar-refractivity contribution in [3.05, 3.63) is 35.9 Å². The number of aliphatic hydroxyl groups is 1. The van der Waals surface area contributed by atoms with Gasteiger partial charge in [0.25, 0.3) is 0 Å². The predicted molar refractivity (Wildman–Crippen MR) is 75.3 cm³/mol. The Hall–Kier alpha value is -1.39. The molecule has 20 heavy (non-hydrogen) atoms. The van der Waals surface area contributed by atoms with Crippen LogP contribution in [0.5, 0.6) is 0 Å². The second-order valence-electron chi connectivity index (χ2n) is 6.09. The Morgan fingerprint density at radius 1 is 1.25 bits per heavy atom. The highest BCUT2D eigenvalue weighted by Crippen LogP contribution is 2.43. The Bertz CT molecular complexity index is 490. The van der Waals surface area contributed by atoms with Gasteiger partial charge in [-0.05, 0) is 31.9 Å². The summed E-state index contributed by atoms with van der Waals surface area (Å²) in [5.41, 5.74) is 1.17. The molecule has 0 radical (unpaired) electrons. The molecule has 1 aromatic carbocycles. The fourth-order valence-electron chi connectivity index (χ4n) is 4.12. The van der Waals surface area contributed by atoms with Crippen LogP contribution in [0.15, 0.2) is 30.3 Å². The molecule has 0 saturated carbocycles. The Kier molecular flexibility index (Phi) is 3.52. The second kappa shape index (κ2) is 5.19. The lowest BCUT2D eigenvalue weighted by Gasteiger charge is -2.44. The molecule has 3 rings (SSSR count). The van der Waals surface area contributed by atoms with Gasteiger partial charge in [0.2, 0.25) is 0 Å². The van der Waals surface area contributed by atoms with Crippen molar-refractivity contribution >= 4 is 5.97 Å². The summed E-state index contributed by atoms with van der Waals surface area (Å²) in [6, 6.07) is 10.3. The molecule has 1 unspecified atom stereocenters. The molecule has 2 aliphatic rings. The molecule has 108 valence electrons. The molecule has 0 aromatic heterocycles. The number of fused-ring (bicyclic) bond motifs is 2. The molecule has 2 heterocycles. The summed E-state index contributed by atoms with van der Waals surface area (Å²) in [6.07, 6.45) is 1.86. The van der Waals surface area contributed by atoms with Crippen molar-refractivity contribution < 1.29 is 15.0 Å². The van der Waals surface area contributed by atoms with Gasteiger partial charge in [0, 0.05) is 18.0 Å². The molecule has 2 N–H and O–H groups in total.